The Hall–Kier alpha value is -3.15. The van der Waals surface area contributed by atoms with E-state index in [9.17, 15) is 19.5 Å². The fourth-order valence-corrected chi connectivity index (χ4v) is 3.37. The summed E-state index contributed by atoms with van der Waals surface area (Å²) in [6, 6.07) is 12.0. The fraction of sp³-hybridized carbons (Fsp3) is 0.286. The van der Waals surface area contributed by atoms with Crippen molar-refractivity contribution >= 4 is 29.2 Å². The van der Waals surface area contributed by atoms with E-state index in [1.54, 1.807) is 29.2 Å². The van der Waals surface area contributed by atoms with E-state index in [0.29, 0.717) is 30.6 Å². The van der Waals surface area contributed by atoms with Gasteiger partial charge in [0.05, 0.1) is 12.0 Å². The quantitative estimate of drug-likeness (QED) is 0.822. The molecule has 6 heteroatoms. The molecule has 2 N–H and O–H groups in total. The first-order valence-electron chi connectivity index (χ1n) is 9.04. The van der Waals surface area contributed by atoms with Crippen LogP contribution in [0.15, 0.2) is 42.5 Å². The molecule has 0 saturated heterocycles. The van der Waals surface area contributed by atoms with Gasteiger partial charge in [0.2, 0.25) is 11.8 Å². The first kappa shape index (κ1) is 18.6. The molecule has 0 saturated carbocycles. The molecule has 6 nitrogen and oxygen atoms in total. The van der Waals surface area contributed by atoms with Crippen molar-refractivity contribution in [3.63, 3.8) is 0 Å². The predicted octanol–water partition coefficient (Wildman–Crippen LogP) is 3.26. The number of rotatable bonds is 6. The molecule has 1 heterocycles. The van der Waals surface area contributed by atoms with E-state index < -0.39 is 5.97 Å². The van der Waals surface area contributed by atoms with Gasteiger partial charge in [-0.15, -0.1) is 0 Å². The third kappa shape index (κ3) is 4.16. The summed E-state index contributed by atoms with van der Waals surface area (Å²) in [5, 5.41) is 12.1. The molecule has 0 bridgehead atoms. The molecule has 140 valence electrons. The second-order valence-corrected chi connectivity index (χ2v) is 6.58. The van der Waals surface area contributed by atoms with Crippen LogP contribution in [0.25, 0.3) is 0 Å². The number of carbonyl (C=O) groups excluding carboxylic acids is 2. The SMILES string of the molecule is CCCN1C(=O)CCc2cc(NC(=O)Cc3ccccc3C(=O)O)ccc21. The number of amides is 2. The Balaban J connectivity index is 1.74. The Kier molecular flexibility index (Phi) is 5.54. The summed E-state index contributed by atoms with van der Waals surface area (Å²) in [6.45, 7) is 2.72. The van der Waals surface area contributed by atoms with Crippen molar-refractivity contribution in [2.24, 2.45) is 0 Å². The highest BCUT2D eigenvalue weighted by Gasteiger charge is 2.23. The summed E-state index contributed by atoms with van der Waals surface area (Å²) in [4.78, 5) is 37.6. The largest absolute Gasteiger partial charge is 0.478 e. The number of nitrogens with zero attached hydrogens (tertiary/aromatic N) is 1. The third-order valence-corrected chi connectivity index (χ3v) is 4.61. The topological polar surface area (TPSA) is 86.7 Å². The van der Waals surface area contributed by atoms with Gasteiger partial charge in [0, 0.05) is 24.3 Å². The highest BCUT2D eigenvalue weighted by Crippen LogP contribution is 2.30. The van der Waals surface area contributed by atoms with Crippen LogP contribution in [0.2, 0.25) is 0 Å². The standard InChI is InChI=1S/C21H22N2O4/c1-2-11-23-18-9-8-16(12-15(18)7-10-20(23)25)22-19(24)13-14-5-3-4-6-17(14)21(26)27/h3-6,8-9,12H,2,7,10-11,13H2,1H3,(H,22,24)(H,26,27). The van der Waals surface area contributed by atoms with Crippen LogP contribution in [0.5, 0.6) is 0 Å². The van der Waals surface area contributed by atoms with Gasteiger partial charge in [0.15, 0.2) is 0 Å². The zero-order valence-corrected chi connectivity index (χ0v) is 15.2. The average Bonchev–Trinajstić information content (AvgIpc) is 2.64. The molecule has 0 radical (unpaired) electrons. The van der Waals surface area contributed by atoms with Crippen molar-refractivity contribution in [3.05, 3.63) is 59.2 Å². The van der Waals surface area contributed by atoms with Gasteiger partial charge in [0.1, 0.15) is 0 Å². The number of anilines is 2. The van der Waals surface area contributed by atoms with Crippen molar-refractivity contribution in [2.45, 2.75) is 32.6 Å². The maximum atomic E-state index is 12.4. The number of aromatic carboxylic acids is 1. The van der Waals surface area contributed by atoms with Crippen LogP contribution in [-0.4, -0.2) is 29.4 Å². The molecular weight excluding hydrogens is 344 g/mol. The van der Waals surface area contributed by atoms with E-state index in [2.05, 4.69) is 5.32 Å². The maximum Gasteiger partial charge on any atom is 0.335 e. The lowest BCUT2D eigenvalue weighted by Crippen LogP contribution is -2.35. The van der Waals surface area contributed by atoms with Gasteiger partial charge in [-0.25, -0.2) is 4.79 Å². The van der Waals surface area contributed by atoms with Crippen molar-refractivity contribution in [2.75, 3.05) is 16.8 Å². The van der Waals surface area contributed by atoms with Crippen molar-refractivity contribution in [1.29, 1.82) is 0 Å². The lowest BCUT2D eigenvalue weighted by molar-refractivity contribution is -0.119. The molecule has 0 aliphatic carbocycles. The van der Waals surface area contributed by atoms with Crippen molar-refractivity contribution in [3.8, 4) is 0 Å². The summed E-state index contributed by atoms with van der Waals surface area (Å²) >= 11 is 0. The monoisotopic (exact) mass is 366 g/mol. The normalized spacial score (nSPS) is 13.2. The van der Waals surface area contributed by atoms with Crippen LogP contribution in [0, 0.1) is 0 Å². The van der Waals surface area contributed by atoms with Crippen LogP contribution in [0.4, 0.5) is 11.4 Å². The van der Waals surface area contributed by atoms with Gasteiger partial charge in [-0.05, 0) is 48.2 Å². The minimum atomic E-state index is -1.05. The van der Waals surface area contributed by atoms with Gasteiger partial charge >= 0.3 is 5.97 Å². The van der Waals surface area contributed by atoms with Gasteiger partial charge < -0.3 is 15.3 Å². The molecule has 2 amide bonds. The maximum absolute atomic E-state index is 12.4. The van der Waals surface area contributed by atoms with E-state index in [1.165, 1.54) is 6.07 Å². The predicted molar refractivity (Wildman–Crippen MR) is 103 cm³/mol. The number of hydrogen-bond acceptors (Lipinski definition) is 3. The van der Waals surface area contributed by atoms with Gasteiger partial charge in [-0.1, -0.05) is 25.1 Å². The molecule has 3 rings (SSSR count). The second-order valence-electron chi connectivity index (χ2n) is 6.58. The molecule has 1 aliphatic rings. The lowest BCUT2D eigenvalue weighted by Gasteiger charge is -2.29. The number of aryl methyl sites for hydroxylation is 1. The van der Waals surface area contributed by atoms with Crippen LogP contribution in [0.3, 0.4) is 0 Å². The first-order chi connectivity index (χ1) is 13.0. The number of fused-ring (bicyclic) bond motifs is 1. The molecule has 0 atom stereocenters. The summed E-state index contributed by atoms with van der Waals surface area (Å²) in [5.74, 6) is -1.19. The van der Waals surface area contributed by atoms with Crippen molar-refractivity contribution in [1.82, 2.24) is 0 Å². The Morgan fingerprint density at radius 1 is 1.15 bits per heavy atom. The molecular formula is C21H22N2O4. The number of carbonyl (C=O) groups is 3. The Morgan fingerprint density at radius 2 is 1.93 bits per heavy atom. The average molecular weight is 366 g/mol. The zero-order chi connectivity index (χ0) is 19.4. The number of hydrogen-bond donors (Lipinski definition) is 2. The number of benzene rings is 2. The molecule has 0 aromatic heterocycles. The second kappa shape index (κ2) is 8.03. The zero-order valence-electron chi connectivity index (χ0n) is 15.2. The van der Waals surface area contributed by atoms with Crippen LogP contribution in [0.1, 0.15) is 41.3 Å². The van der Waals surface area contributed by atoms with Crippen LogP contribution < -0.4 is 10.2 Å². The third-order valence-electron chi connectivity index (χ3n) is 4.61. The van der Waals surface area contributed by atoms with E-state index in [0.717, 1.165) is 17.7 Å². The molecule has 0 spiro atoms. The minimum absolute atomic E-state index is 0.0139. The highest BCUT2D eigenvalue weighted by molar-refractivity contribution is 5.98. The molecule has 0 unspecified atom stereocenters. The minimum Gasteiger partial charge on any atom is -0.478 e. The van der Waals surface area contributed by atoms with Crippen LogP contribution >= 0.6 is 0 Å². The summed E-state index contributed by atoms with van der Waals surface area (Å²) in [7, 11) is 0. The smallest absolute Gasteiger partial charge is 0.335 e. The summed E-state index contributed by atoms with van der Waals surface area (Å²) in [6.07, 6.45) is 1.99. The summed E-state index contributed by atoms with van der Waals surface area (Å²) in [5.41, 5.74) is 3.19. The van der Waals surface area contributed by atoms with Gasteiger partial charge in [-0.2, -0.15) is 0 Å². The van der Waals surface area contributed by atoms with E-state index >= 15 is 0 Å². The van der Waals surface area contributed by atoms with E-state index in [1.807, 2.05) is 19.1 Å². The molecule has 0 fully saturated rings. The molecule has 2 aromatic carbocycles. The summed E-state index contributed by atoms with van der Waals surface area (Å²) < 4.78 is 0. The number of nitrogens with one attached hydrogen (secondary N) is 1. The number of carboxylic acids is 1. The molecule has 2 aromatic rings. The Labute approximate surface area is 157 Å². The van der Waals surface area contributed by atoms with E-state index in [-0.39, 0.29) is 23.8 Å². The number of carboxylic acid groups (broad SMARTS) is 1. The first-order valence-corrected chi connectivity index (χ1v) is 9.04. The van der Waals surface area contributed by atoms with Crippen LogP contribution in [-0.2, 0) is 22.4 Å². The molecule has 27 heavy (non-hydrogen) atoms. The fourth-order valence-electron chi connectivity index (χ4n) is 3.37. The van der Waals surface area contributed by atoms with Gasteiger partial charge in [0.25, 0.3) is 0 Å². The Morgan fingerprint density at radius 3 is 2.67 bits per heavy atom. The lowest BCUT2D eigenvalue weighted by atomic mass is 10.00. The Bertz CT molecular complexity index is 892. The van der Waals surface area contributed by atoms with Crippen molar-refractivity contribution < 1.29 is 19.5 Å². The molecule has 1 aliphatic heterocycles. The van der Waals surface area contributed by atoms with E-state index in [4.69, 9.17) is 0 Å². The highest BCUT2D eigenvalue weighted by atomic mass is 16.4. The van der Waals surface area contributed by atoms with Gasteiger partial charge in [-0.3, -0.25) is 9.59 Å².